The van der Waals surface area contributed by atoms with Crippen molar-refractivity contribution in [2.45, 2.75) is 26.1 Å². The second-order valence-electron chi connectivity index (χ2n) is 7.55. The zero-order chi connectivity index (χ0) is 23.3. The quantitative estimate of drug-likeness (QED) is 0.374. The van der Waals surface area contributed by atoms with Gasteiger partial charge in [0.25, 0.3) is 0 Å². The molecule has 0 atom stereocenters. The van der Waals surface area contributed by atoms with Crippen LogP contribution in [0.5, 0.6) is 5.75 Å². The molecule has 0 amide bonds. The lowest BCUT2D eigenvalue weighted by atomic mass is 10.0. The van der Waals surface area contributed by atoms with E-state index in [0.29, 0.717) is 27.5 Å². The van der Waals surface area contributed by atoms with E-state index >= 15 is 0 Å². The first kappa shape index (κ1) is 23.0. The summed E-state index contributed by atoms with van der Waals surface area (Å²) in [6.45, 7) is 3.14. The summed E-state index contributed by atoms with van der Waals surface area (Å²) in [7, 11) is 0. The third kappa shape index (κ3) is 5.74. The molecular weight excluding hydrogens is 432 g/mol. The Kier molecular flexibility index (Phi) is 6.95. The van der Waals surface area contributed by atoms with Gasteiger partial charge in [0, 0.05) is 16.1 Å². The molecule has 6 nitrogen and oxygen atoms in total. The van der Waals surface area contributed by atoms with Crippen molar-refractivity contribution in [3.8, 4) is 5.75 Å². The van der Waals surface area contributed by atoms with Gasteiger partial charge in [-0.3, -0.25) is 4.79 Å². The van der Waals surface area contributed by atoms with Crippen LogP contribution < -0.4 is 4.74 Å². The number of ketones is 1. The maximum Gasteiger partial charge on any atom is 0.350 e. The van der Waals surface area contributed by atoms with Crippen LogP contribution >= 0.6 is 11.6 Å². The average molecular weight is 453 g/mol. The summed E-state index contributed by atoms with van der Waals surface area (Å²) in [5.41, 5.74) is 0.530. The third-order valence-electron chi connectivity index (χ3n) is 4.66. The summed E-state index contributed by atoms with van der Waals surface area (Å²) in [4.78, 5) is 35.9. The molecular formula is C25H21ClO6. The number of aromatic carboxylic acids is 1. The van der Waals surface area contributed by atoms with Crippen molar-refractivity contribution in [1.82, 2.24) is 0 Å². The molecule has 0 unspecified atom stereocenters. The average Bonchev–Trinajstić information content (AvgIpc) is 2.78. The van der Waals surface area contributed by atoms with E-state index in [0.717, 1.165) is 0 Å². The summed E-state index contributed by atoms with van der Waals surface area (Å²) in [6.07, 6.45) is 0. The highest BCUT2D eigenvalue weighted by Gasteiger charge is 2.32. The van der Waals surface area contributed by atoms with Crippen LogP contribution in [0.3, 0.4) is 0 Å². The number of carboxylic acid groups (broad SMARTS) is 1. The molecule has 1 N–H and O–H groups in total. The van der Waals surface area contributed by atoms with Gasteiger partial charge in [-0.1, -0.05) is 23.7 Å². The van der Waals surface area contributed by atoms with Gasteiger partial charge in [0.2, 0.25) is 0 Å². The summed E-state index contributed by atoms with van der Waals surface area (Å²) in [6, 6.07) is 19.2. The molecule has 3 aromatic carbocycles. The zero-order valence-electron chi connectivity index (χ0n) is 17.5. The highest BCUT2D eigenvalue weighted by Crippen LogP contribution is 2.22. The predicted octanol–water partition coefficient (Wildman–Crippen LogP) is 5.17. The van der Waals surface area contributed by atoms with Crippen LogP contribution in [0.2, 0.25) is 5.02 Å². The van der Waals surface area contributed by atoms with Crippen molar-refractivity contribution in [2.75, 3.05) is 0 Å². The fraction of sp³-hybridized carbons (Fsp3) is 0.160. The highest BCUT2D eigenvalue weighted by atomic mass is 35.5. The van der Waals surface area contributed by atoms with Gasteiger partial charge in [-0.25, -0.2) is 9.59 Å². The Morgan fingerprint density at radius 1 is 0.812 bits per heavy atom. The second kappa shape index (κ2) is 9.66. The fourth-order valence-corrected chi connectivity index (χ4v) is 2.97. The van der Waals surface area contributed by atoms with E-state index in [4.69, 9.17) is 26.2 Å². The third-order valence-corrected chi connectivity index (χ3v) is 4.91. The van der Waals surface area contributed by atoms with Crippen LogP contribution in [0.1, 0.15) is 45.7 Å². The zero-order valence-corrected chi connectivity index (χ0v) is 18.3. The van der Waals surface area contributed by atoms with E-state index in [-0.39, 0.29) is 18.0 Å². The number of carbonyl (C=O) groups is 3. The number of hydrogen-bond acceptors (Lipinski definition) is 5. The standard InChI is InChI=1S/C25H21ClO6/c1-25(2,24(30)31-15-16-3-5-19(6-4-16)23(28)29)32-21-13-9-18(10-14-21)22(27)17-7-11-20(26)12-8-17/h3-14H,15H2,1-2H3,(H,28,29). The van der Waals surface area contributed by atoms with Gasteiger partial charge < -0.3 is 14.6 Å². The molecule has 164 valence electrons. The van der Waals surface area contributed by atoms with Crippen molar-refractivity contribution in [1.29, 1.82) is 0 Å². The molecule has 0 bridgehead atoms. The summed E-state index contributed by atoms with van der Waals surface area (Å²) in [5.74, 6) is -1.35. The van der Waals surface area contributed by atoms with Crippen molar-refractivity contribution in [3.05, 3.63) is 100 Å². The molecule has 3 aromatic rings. The molecule has 32 heavy (non-hydrogen) atoms. The van der Waals surface area contributed by atoms with Gasteiger partial charge in [-0.05, 0) is 80.1 Å². The number of esters is 1. The Morgan fingerprint density at radius 3 is 1.84 bits per heavy atom. The number of benzene rings is 3. The normalized spacial score (nSPS) is 11.0. The van der Waals surface area contributed by atoms with Crippen LogP contribution in [0.15, 0.2) is 72.8 Å². The van der Waals surface area contributed by atoms with Gasteiger partial charge in [0.15, 0.2) is 11.4 Å². The summed E-state index contributed by atoms with van der Waals surface area (Å²) < 4.78 is 11.1. The number of halogens is 1. The monoisotopic (exact) mass is 452 g/mol. The molecule has 0 aliphatic rings. The minimum absolute atomic E-state index is 0.0138. The van der Waals surface area contributed by atoms with E-state index in [1.165, 1.54) is 12.1 Å². The molecule has 0 fully saturated rings. The molecule has 0 saturated carbocycles. The van der Waals surface area contributed by atoms with Gasteiger partial charge in [-0.2, -0.15) is 0 Å². The van der Waals surface area contributed by atoms with Gasteiger partial charge >= 0.3 is 11.9 Å². The number of rotatable bonds is 8. The van der Waals surface area contributed by atoms with Crippen molar-refractivity contribution < 1.29 is 29.0 Å². The first-order valence-electron chi connectivity index (χ1n) is 9.74. The topological polar surface area (TPSA) is 89.9 Å². The second-order valence-corrected chi connectivity index (χ2v) is 7.99. The largest absolute Gasteiger partial charge is 0.478 e. The molecule has 0 saturated heterocycles. The smallest absolute Gasteiger partial charge is 0.350 e. The van der Waals surface area contributed by atoms with Crippen LogP contribution in [0, 0.1) is 0 Å². The van der Waals surface area contributed by atoms with Crippen molar-refractivity contribution >= 4 is 29.3 Å². The van der Waals surface area contributed by atoms with Crippen LogP contribution in [-0.2, 0) is 16.1 Å². The van der Waals surface area contributed by atoms with Crippen LogP contribution in [0.25, 0.3) is 0 Å². The van der Waals surface area contributed by atoms with E-state index in [1.54, 1.807) is 74.5 Å². The molecule has 0 heterocycles. The SMILES string of the molecule is CC(C)(Oc1ccc(C(=O)c2ccc(Cl)cc2)cc1)C(=O)OCc1ccc(C(=O)O)cc1. The van der Waals surface area contributed by atoms with Crippen LogP contribution in [0.4, 0.5) is 0 Å². The Labute approximate surface area is 190 Å². The summed E-state index contributed by atoms with van der Waals surface area (Å²) >= 11 is 5.86. The van der Waals surface area contributed by atoms with Crippen LogP contribution in [-0.4, -0.2) is 28.4 Å². The van der Waals surface area contributed by atoms with E-state index in [9.17, 15) is 14.4 Å². The minimum atomic E-state index is -1.28. The summed E-state index contributed by atoms with van der Waals surface area (Å²) in [5, 5.41) is 9.48. The van der Waals surface area contributed by atoms with Gasteiger partial charge in [0.1, 0.15) is 12.4 Å². The highest BCUT2D eigenvalue weighted by molar-refractivity contribution is 6.30. The molecule has 0 radical (unpaired) electrons. The molecule has 0 spiro atoms. The molecule has 7 heteroatoms. The Bertz CT molecular complexity index is 1120. The van der Waals surface area contributed by atoms with Crippen molar-refractivity contribution in [3.63, 3.8) is 0 Å². The lowest BCUT2D eigenvalue weighted by Gasteiger charge is -2.24. The number of hydrogen-bond donors (Lipinski definition) is 1. The minimum Gasteiger partial charge on any atom is -0.478 e. The Balaban J connectivity index is 1.60. The number of carbonyl (C=O) groups excluding carboxylic acids is 2. The molecule has 0 aliphatic heterocycles. The first-order chi connectivity index (χ1) is 15.2. The van der Waals surface area contributed by atoms with Gasteiger partial charge in [-0.15, -0.1) is 0 Å². The maximum atomic E-state index is 12.6. The first-order valence-corrected chi connectivity index (χ1v) is 10.1. The van der Waals surface area contributed by atoms with Crippen molar-refractivity contribution in [2.24, 2.45) is 0 Å². The van der Waals surface area contributed by atoms with E-state index < -0.39 is 17.5 Å². The Morgan fingerprint density at radius 2 is 1.31 bits per heavy atom. The maximum absolute atomic E-state index is 12.6. The number of ether oxygens (including phenoxy) is 2. The van der Waals surface area contributed by atoms with Gasteiger partial charge in [0.05, 0.1) is 5.56 Å². The molecule has 0 aromatic heterocycles. The Hall–Kier alpha value is -3.64. The lowest BCUT2D eigenvalue weighted by molar-refractivity contribution is -0.160. The van der Waals surface area contributed by atoms with E-state index in [1.807, 2.05) is 0 Å². The fourth-order valence-electron chi connectivity index (χ4n) is 2.84. The molecule has 0 aliphatic carbocycles. The number of carboxylic acids is 1. The predicted molar refractivity (Wildman–Crippen MR) is 119 cm³/mol. The van der Waals surface area contributed by atoms with E-state index in [2.05, 4.69) is 0 Å². The molecule has 3 rings (SSSR count). The lowest BCUT2D eigenvalue weighted by Crippen LogP contribution is -2.39.